The van der Waals surface area contributed by atoms with Crippen LogP contribution in [0.2, 0.25) is 5.02 Å². The van der Waals surface area contributed by atoms with Gasteiger partial charge in [-0.2, -0.15) is 0 Å². The van der Waals surface area contributed by atoms with Gasteiger partial charge in [0.05, 0.1) is 28.9 Å². The quantitative estimate of drug-likeness (QED) is 0.589. The van der Waals surface area contributed by atoms with Crippen molar-refractivity contribution < 1.29 is 13.9 Å². The Morgan fingerprint density at radius 1 is 1.33 bits per heavy atom. The normalized spacial score (nSPS) is 11.7. The molecule has 3 aromatic rings. The lowest BCUT2D eigenvalue weighted by Crippen LogP contribution is -2.51. The van der Waals surface area contributed by atoms with Gasteiger partial charge in [-0.3, -0.25) is 9.69 Å². The number of anilines is 2. The lowest BCUT2D eigenvalue weighted by Gasteiger charge is -2.33. The van der Waals surface area contributed by atoms with E-state index in [4.69, 9.17) is 22.1 Å². The average molecular weight is 432 g/mol. The fourth-order valence-electron chi connectivity index (χ4n) is 2.91. The summed E-state index contributed by atoms with van der Waals surface area (Å²) in [5.41, 5.74) is 6.29. The number of nitrogens with one attached hydrogen (secondary N) is 1. The Balaban J connectivity index is 2.06. The minimum atomic E-state index is -0.863. The Bertz CT molecular complexity index is 1110. The number of likely N-dealkylation sites (N-methyl/N-ethyl adjacent to an activating group) is 1. The molecule has 0 spiro atoms. The van der Waals surface area contributed by atoms with Crippen LogP contribution in [0.1, 0.15) is 19.4 Å². The number of rotatable bonds is 7. The van der Waals surface area contributed by atoms with Crippen molar-refractivity contribution in [1.82, 2.24) is 14.9 Å². The first-order valence-electron chi connectivity index (χ1n) is 9.19. The first kappa shape index (κ1) is 21.7. The summed E-state index contributed by atoms with van der Waals surface area (Å²) < 4.78 is 19.9. The molecule has 0 bridgehead atoms. The Labute approximate surface area is 179 Å². The number of primary amides is 1. The molecule has 0 radical (unpaired) electrons. The molecule has 0 aliphatic heterocycles. The highest BCUT2D eigenvalue weighted by atomic mass is 35.5. The molecule has 9 heteroatoms. The summed E-state index contributed by atoms with van der Waals surface area (Å²) >= 11 is 5.88. The van der Waals surface area contributed by atoms with E-state index in [0.717, 1.165) is 5.56 Å². The van der Waals surface area contributed by atoms with Crippen LogP contribution in [-0.2, 0) is 11.3 Å². The van der Waals surface area contributed by atoms with Crippen LogP contribution in [0.3, 0.4) is 0 Å². The fraction of sp³-hybridized carbons (Fsp3) is 0.286. The number of carbonyl (C=O) groups excluding carboxylic acids is 1. The van der Waals surface area contributed by atoms with Gasteiger partial charge in [-0.1, -0.05) is 17.7 Å². The van der Waals surface area contributed by atoms with Gasteiger partial charge in [0.15, 0.2) is 5.82 Å². The van der Waals surface area contributed by atoms with Crippen molar-refractivity contribution in [3.05, 3.63) is 53.1 Å². The highest BCUT2D eigenvalue weighted by molar-refractivity contribution is 6.31. The summed E-state index contributed by atoms with van der Waals surface area (Å²) in [7, 11) is 3.36. The topological polar surface area (TPSA) is 93.4 Å². The zero-order chi connectivity index (χ0) is 22.1. The number of nitrogens with two attached hydrogens (primary N) is 1. The third kappa shape index (κ3) is 4.15. The molecule has 158 valence electrons. The highest BCUT2D eigenvalue weighted by Gasteiger charge is 2.30. The number of aromatic nitrogens is 2. The summed E-state index contributed by atoms with van der Waals surface area (Å²) in [4.78, 5) is 22.2. The molecular weight excluding hydrogens is 409 g/mol. The zero-order valence-electron chi connectivity index (χ0n) is 17.2. The second-order valence-electron chi connectivity index (χ2n) is 7.41. The molecule has 0 fully saturated rings. The van der Waals surface area contributed by atoms with Crippen molar-refractivity contribution in [3.8, 4) is 5.75 Å². The molecule has 0 aliphatic rings. The van der Waals surface area contributed by atoms with Crippen LogP contribution in [0.25, 0.3) is 10.9 Å². The summed E-state index contributed by atoms with van der Waals surface area (Å²) in [6.45, 7) is 3.89. The van der Waals surface area contributed by atoms with E-state index in [1.807, 2.05) is 11.0 Å². The van der Waals surface area contributed by atoms with Crippen molar-refractivity contribution in [2.75, 3.05) is 19.5 Å². The number of fused-ring (bicyclic) bond motifs is 1. The van der Waals surface area contributed by atoms with Gasteiger partial charge in [-0.15, -0.1) is 0 Å². The molecule has 7 nitrogen and oxygen atoms in total. The van der Waals surface area contributed by atoms with Crippen molar-refractivity contribution in [3.63, 3.8) is 0 Å². The zero-order valence-corrected chi connectivity index (χ0v) is 17.9. The molecule has 0 atom stereocenters. The van der Waals surface area contributed by atoms with Crippen LogP contribution in [-0.4, -0.2) is 40.5 Å². The van der Waals surface area contributed by atoms with Crippen molar-refractivity contribution in [2.24, 2.45) is 5.73 Å². The Morgan fingerprint density at radius 3 is 2.73 bits per heavy atom. The molecule has 3 rings (SSSR count). The van der Waals surface area contributed by atoms with E-state index in [2.05, 4.69) is 15.3 Å². The van der Waals surface area contributed by atoms with E-state index >= 15 is 0 Å². The molecule has 0 saturated heterocycles. The van der Waals surface area contributed by atoms with Gasteiger partial charge >= 0.3 is 0 Å². The average Bonchev–Trinajstić information content (AvgIpc) is 2.71. The van der Waals surface area contributed by atoms with Gasteiger partial charge in [-0.25, -0.2) is 14.4 Å². The van der Waals surface area contributed by atoms with Crippen LogP contribution in [0.4, 0.5) is 15.9 Å². The monoisotopic (exact) mass is 431 g/mol. The lowest BCUT2D eigenvalue weighted by atomic mass is 10.0. The molecular formula is C21H23ClFN5O2. The number of benzene rings is 2. The number of methoxy groups -OCH3 is 1. The Morgan fingerprint density at radius 2 is 2.07 bits per heavy atom. The van der Waals surface area contributed by atoms with E-state index in [1.165, 1.54) is 12.4 Å². The number of nitrogens with zero attached hydrogens (tertiary/aromatic N) is 3. The van der Waals surface area contributed by atoms with E-state index in [0.29, 0.717) is 29.0 Å². The predicted octanol–water partition coefficient (Wildman–Crippen LogP) is 3.87. The van der Waals surface area contributed by atoms with Gasteiger partial charge in [0.2, 0.25) is 5.91 Å². The molecule has 3 N–H and O–H groups in total. The summed E-state index contributed by atoms with van der Waals surface area (Å²) in [5, 5.41) is 3.66. The number of ether oxygens (including phenoxy) is 1. The third-order valence-electron chi connectivity index (χ3n) is 5.21. The Kier molecular flexibility index (Phi) is 6.09. The summed E-state index contributed by atoms with van der Waals surface area (Å²) in [5.74, 6) is 0.0181. The van der Waals surface area contributed by atoms with E-state index < -0.39 is 17.3 Å². The minimum Gasteiger partial charge on any atom is -0.496 e. The number of hydrogen-bond donors (Lipinski definition) is 2. The maximum absolute atomic E-state index is 14.4. The SMILES string of the molecule is COc1cc2ncnc(Nc3cccc(Cl)c3F)c2cc1CN(C)C(C)(C)C(N)=O. The maximum atomic E-state index is 14.4. The van der Waals surface area contributed by atoms with Gasteiger partial charge in [0.25, 0.3) is 0 Å². The second-order valence-corrected chi connectivity index (χ2v) is 7.82. The maximum Gasteiger partial charge on any atom is 0.237 e. The van der Waals surface area contributed by atoms with Crippen molar-refractivity contribution in [1.29, 1.82) is 0 Å². The van der Waals surface area contributed by atoms with Crippen LogP contribution in [0.5, 0.6) is 5.75 Å². The summed E-state index contributed by atoms with van der Waals surface area (Å²) in [6.07, 6.45) is 1.38. The smallest absolute Gasteiger partial charge is 0.237 e. The molecule has 1 heterocycles. The molecule has 1 aromatic heterocycles. The van der Waals surface area contributed by atoms with E-state index in [1.54, 1.807) is 46.2 Å². The molecule has 0 unspecified atom stereocenters. The van der Waals surface area contributed by atoms with Gasteiger partial charge < -0.3 is 15.8 Å². The fourth-order valence-corrected chi connectivity index (χ4v) is 3.09. The van der Waals surface area contributed by atoms with Crippen LogP contribution in [0, 0.1) is 5.82 Å². The number of amides is 1. The minimum absolute atomic E-state index is 0.0102. The van der Waals surface area contributed by atoms with Gasteiger partial charge in [0.1, 0.15) is 17.9 Å². The first-order valence-corrected chi connectivity index (χ1v) is 9.56. The standard InChI is InChI=1S/C21H23ClFN5O2/c1-21(2,20(24)29)28(3)10-12-8-13-16(9-17(12)30-4)25-11-26-19(13)27-15-7-5-6-14(22)18(15)23/h5-9,11H,10H2,1-4H3,(H2,24,29)(H,25,26,27). The van der Waals surface area contributed by atoms with Crippen molar-refractivity contribution >= 4 is 39.9 Å². The lowest BCUT2D eigenvalue weighted by molar-refractivity contribution is -0.127. The number of hydrogen-bond acceptors (Lipinski definition) is 6. The Hall–Kier alpha value is -2.97. The molecule has 2 aromatic carbocycles. The number of carbonyl (C=O) groups is 1. The van der Waals surface area contributed by atoms with E-state index in [9.17, 15) is 9.18 Å². The predicted molar refractivity (Wildman–Crippen MR) is 116 cm³/mol. The van der Waals surface area contributed by atoms with Crippen LogP contribution < -0.4 is 15.8 Å². The highest BCUT2D eigenvalue weighted by Crippen LogP contribution is 2.32. The molecule has 0 aliphatic carbocycles. The summed E-state index contributed by atoms with van der Waals surface area (Å²) in [6, 6.07) is 8.32. The molecule has 1 amide bonds. The first-order chi connectivity index (χ1) is 14.1. The van der Waals surface area contributed by atoms with Gasteiger partial charge in [-0.05, 0) is 39.1 Å². The van der Waals surface area contributed by atoms with E-state index in [-0.39, 0.29) is 10.7 Å². The van der Waals surface area contributed by atoms with Crippen molar-refractivity contribution in [2.45, 2.75) is 25.9 Å². The largest absolute Gasteiger partial charge is 0.496 e. The third-order valence-corrected chi connectivity index (χ3v) is 5.50. The molecule has 0 saturated carbocycles. The van der Waals surface area contributed by atoms with Gasteiger partial charge in [0, 0.05) is 23.6 Å². The number of halogens is 2. The molecule has 30 heavy (non-hydrogen) atoms. The van der Waals surface area contributed by atoms with Crippen LogP contribution in [0.15, 0.2) is 36.7 Å². The second kappa shape index (κ2) is 8.41. The van der Waals surface area contributed by atoms with Crippen LogP contribution >= 0.6 is 11.6 Å².